The first-order valence-corrected chi connectivity index (χ1v) is 5.95. The van der Waals surface area contributed by atoms with Gasteiger partial charge in [-0.05, 0) is 12.7 Å². The van der Waals surface area contributed by atoms with Crippen LogP contribution in [0.25, 0.3) is 0 Å². The Morgan fingerprint density at radius 1 is 1.27 bits per heavy atom. The summed E-state index contributed by atoms with van der Waals surface area (Å²) in [4.78, 5) is 0. The molecular formula is C9H21NS. The van der Waals surface area contributed by atoms with Gasteiger partial charge in [0.15, 0.2) is 0 Å². The Kier molecular flexibility index (Phi) is 8.64. The van der Waals surface area contributed by atoms with E-state index in [1.54, 1.807) is 0 Å². The van der Waals surface area contributed by atoms with E-state index >= 15 is 0 Å². The third kappa shape index (κ3) is 8.21. The summed E-state index contributed by atoms with van der Waals surface area (Å²) in [5.41, 5.74) is 5.85. The molecule has 2 N–H and O–H groups in total. The Balaban J connectivity index is 2.97. The van der Waals surface area contributed by atoms with Crippen LogP contribution in [-0.2, 0) is 0 Å². The molecule has 1 atom stereocenters. The molecule has 0 aromatic carbocycles. The lowest BCUT2D eigenvalue weighted by molar-refractivity contribution is 0.579. The van der Waals surface area contributed by atoms with Crippen molar-refractivity contribution in [2.75, 3.05) is 12.0 Å². The number of unbranched alkanes of at least 4 members (excludes halogenated alkanes) is 3. The summed E-state index contributed by atoms with van der Waals surface area (Å²) in [5, 5.41) is 0. The molecule has 0 fully saturated rings. The highest BCUT2D eigenvalue weighted by molar-refractivity contribution is 7.98. The minimum Gasteiger partial charge on any atom is -0.327 e. The second-order valence-electron chi connectivity index (χ2n) is 3.06. The minimum atomic E-state index is 0.432. The van der Waals surface area contributed by atoms with Crippen LogP contribution in [-0.4, -0.2) is 18.1 Å². The molecule has 0 heterocycles. The highest BCUT2D eigenvalue weighted by Crippen LogP contribution is 2.06. The fourth-order valence-corrected chi connectivity index (χ4v) is 1.73. The largest absolute Gasteiger partial charge is 0.327 e. The molecule has 1 unspecified atom stereocenters. The Labute approximate surface area is 75.1 Å². The van der Waals surface area contributed by atoms with Crippen molar-refractivity contribution in [3.8, 4) is 0 Å². The molecule has 0 saturated carbocycles. The van der Waals surface area contributed by atoms with Gasteiger partial charge in [0.25, 0.3) is 0 Å². The maximum Gasteiger partial charge on any atom is 0.0130 e. The third-order valence-corrected chi connectivity index (χ3v) is 2.57. The molecule has 0 aliphatic carbocycles. The summed E-state index contributed by atoms with van der Waals surface area (Å²) in [6.07, 6.45) is 8.69. The highest BCUT2D eigenvalue weighted by atomic mass is 32.2. The fourth-order valence-electron chi connectivity index (χ4n) is 1.13. The Morgan fingerprint density at radius 2 is 2.00 bits per heavy atom. The second-order valence-corrected chi connectivity index (χ2v) is 3.98. The van der Waals surface area contributed by atoms with Crippen molar-refractivity contribution < 1.29 is 0 Å². The van der Waals surface area contributed by atoms with Crippen molar-refractivity contribution in [1.29, 1.82) is 0 Å². The molecule has 0 aromatic rings. The smallest absolute Gasteiger partial charge is 0.0130 e. The normalized spacial score (nSPS) is 13.4. The zero-order chi connectivity index (χ0) is 8.53. The summed E-state index contributed by atoms with van der Waals surface area (Å²) in [7, 11) is 0. The van der Waals surface area contributed by atoms with E-state index in [2.05, 4.69) is 13.2 Å². The predicted molar refractivity (Wildman–Crippen MR) is 55.1 cm³/mol. The van der Waals surface area contributed by atoms with Crippen molar-refractivity contribution >= 4 is 11.8 Å². The Morgan fingerprint density at radius 3 is 2.55 bits per heavy atom. The van der Waals surface area contributed by atoms with Crippen molar-refractivity contribution in [2.24, 2.45) is 5.73 Å². The lowest BCUT2D eigenvalue weighted by Gasteiger charge is -2.08. The van der Waals surface area contributed by atoms with Gasteiger partial charge >= 0.3 is 0 Å². The first-order valence-electron chi connectivity index (χ1n) is 4.55. The van der Waals surface area contributed by atoms with Crippen LogP contribution in [0, 0.1) is 0 Å². The van der Waals surface area contributed by atoms with E-state index in [9.17, 15) is 0 Å². The number of rotatable bonds is 7. The molecule has 0 spiro atoms. The summed E-state index contributed by atoms with van der Waals surface area (Å²) in [6, 6.07) is 0.432. The van der Waals surface area contributed by atoms with E-state index in [0.717, 1.165) is 5.75 Å². The fraction of sp³-hybridized carbons (Fsp3) is 1.00. The lowest BCUT2D eigenvalue weighted by Crippen LogP contribution is -2.22. The Bertz CT molecular complexity index is 76.0. The molecule has 0 saturated heterocycles. The van der Waals surface area contributed by atoms with Crippen LogP contribution in [0.4, 0.5) is 0 Å². The number of thioether (sulfide) groups is 1. The van der Waals surface area contributed by atoms with E-state index in [-0.39, 0.29) is 0 Å². The van der Waals surface area contributed by atoms with E-state index in [0.29, 0.717) is 6.04 Å². The average Bonchev–Trinajstić information content (AvgIpc) is 1.99. The number of nitrogens with two attached hydrogens (primary N) is 1. The first kappa shape index (κ1) is 11.3. The second kappa shape index (κ2) is 8.41. The highest BCUT2D eigenvalue weighted by Gasteiger charge is 1.99. The van der Waals surface area contributed by atoms with Crippen LogP contribution in [0.5, 0.6) is 0 Å². The summed E-state index contributed by atoms with van der Waals surface area (Å²) < 4.78 is 0. The monoisotopic (exact) mass is 175 g/mol. The summed E-state index contributed by atoms with van der Waals surface area (Å²) in [6.45, 7) is 2.24. The summed E-state index contributed by atoms with van der Waals surface area (Å²) >= 11 is 1.85. The van der Waals surface area contributed by atoms with Crippen molar-refractivity contribution in [3.05, 3.63) is 0 Å². The molecule has 0 amide bonds. The molecule has 0 aromatic heterocycles. The SMILES string of the molecule is CCCCCCC(N)CSC. The van der Waals surface area contributed by atoms with E-state index in [1.807, 2.05) is 11.8 Å². The molecule has 68 valence electrons. The molecule has 0 rings (SSSR count). The zero-order valence-corrected chi connectivity index (χ0v) is 8.62. The molecule has 1 nitrogen and oxygen atoms in total. The van der Waals surface area contributed by atoms with Crippen LogP contribution in [0.1, 0.15) is 39.0 Å². The standard InChI is InChI=1S/C9H21NS/c1-3-4-5-6-7-9(10)8-11-2/h9H,3-8,10H2,1-2H3. The van der Waals surface area contributed by atoms with Gasteiger partial charge in [-0.15, -0.1) is 0 Å². The quantitative estimate of drug-likeness (QED) is 0.602. The molecule has 0 radical (unpaired) electrons. The van der Waals surface area contributed by atoms with Gasteiger partial charge in [-0.25, -0.2) is 0 Å². The van der Waals surface area contributed by atoms with E-state index < -0.39 is 0 Å². The van der Waals surface area contributed by atoms with Gasteiger partial charge in [-0.2, -0.15) is 11.8 Å². The van der Waals surface area contributed by atoms with Crippen LogP contribution in [0.2, 0.25) is 0 Å². The van der Waals surface area contributed by atoms with Gasteiger partial charge in [0, 0.05) is 11.8 Å². The molecular weight excluding hydrogens is 154 g/mol. The molecule has 0 aliphatic heterocycles. The Hall–Kier alpha value is 0.310. The molecule has 2 heteroatoms. The van der Waals surface area contributed by atoms with Crippen molar-refractivity contribution in [3.63, 3.8) is 0 Å². The van der Waals surface area contributed by atoms with Gasteiger partial charge in [0.2, 0.25) is 0 Å². The van der Waals surface area contributed by atoms with Crippen molar-refractivity contribution in [2.45, 2.75) is 45.1 Å². The third-order valence-electron chi connectivity index (χ3n) is 1.81. The molecule has 0 aliphatic rings. The van der Waals surface area contributed by atoms with Crippen molar-refractivity contribution in [1.82, 2.24) is 0 Å². The zero-order valence-electron chi connectivity index (χ0n) is 7.81. The maximum absolute atomic E-state index is 5.85. The van der Waals surface area contributed by atoms with Crippen LogP contribution < -0.4 is 5.73 Å². The van der Waals surface area contributed by atoms with Crippen LogP contribution in [0.15, 0.2) is 0 Å². The molecule has 11 heavy (non-hydrogen) atoms. The van der Waals surface area contributed by atoms with Crippen LogP contribution in [0.3, 0.4) is 0 Å². The lowest BCUT2D eigenvalue weighted by atomic mass is 10.1. The van der Waals surface area contributed by atoms with E-state index in [4.69, 9.17) is 5.73 Å². The maximum atomic E-state index is 5.85. The number of hydrogen-bond acceptors (Lipinski definition) is 2. The van der Waals surface area contributed by atoms with Crippen LogP contribution >= 0.6 is 11.8 Å². The molecule has 0 bridgehead atoms. The summed E-state index contributed by atoms with van der Waals surface area (Å²) in [5.74, 6) is 1.12. The number of hydrogen-bond donors (Lipinski definition) is 1. The average molecular weight is 175 g/mol. The topological polar surface area (TPSA) is 26.0 Å². The van der Waals surface area contributed by atoms with Gasteiger partial charge in [0.05, 0.1) is 0 Å². The first-order chi connectivity index (χ1) is 5.31. The van der Waals surface area contributed by atoms with Gasteiger partial charge in [-0.3, -0.25) is 0 Å². The van der Waals surface area contributed by atoms with Gasteiger partial charge in [-0.1, -0.05) is 32.6 Å². The van der Waals surface area contributed by atoms with Gasteiger partial charge in [0.1, 0.15) is 0 Å². The minimum absolute atomic E-state index is 0.432. The predicted octanol–water partition coefficient (Wildman–Crippen LogP) is 2.65. The van der Waals surface area contributed by atoms with Gasteiger partial charge < -0.3 is 5.73 Å². The van der Waals surface area contributed by atoms with E-state index in [1.165, 1.54) is 32.1 Å².